The molecule has 0 radical (unpaired) electrons. The fourth-order valence-electron chi connectivity index (χ4n) is 3.69. The van der Waals surface area contributed by atoms with Gasteiger partial charge in [-0.15, -0.1) is 0 Å². The van der Waals surface area contributed by atoms with E-state index in [-0.39, 0.29) is 17.5 Å². The Morgan fingerprint density at radius 3 is 2.42 bits per heavy atom. The van der Waals surface area contributed by atoms with Crippen molar-refractivity contribution < 1.29 is 13.2 Å². The normalized spacial score (nSPS) is 24.4. The van der Waals surface area contributed by atoms with Crippen molar-refractivity contribution in [2.75, 3.05) is 0 Å². The van der Waals surface area contributed by atoms with Crippen LogP contribution in [0.15, 0.2) is 30.5 Å². The fourth-order valence-corrected chi connectivity index (χ4v) is 3.69. The van der Waals surface area contributed by atoms with Gasteiger partial charge in [0.25, 0.3) is 0 Å². The van der Waals surface area contributed by atoms with Gasteiger partial charge in [-0.3, -0.25) is 4.98 Å². The number of aromatic nitrogens is 1. The van der Waals surface area contributed by atoms with E-state index < -0.39 is 11.7 Å². The zero-order valence-corrected chi connectivity index (χ0v) is 14.4. The van der Waals surface area contributed by atoms with E-state index >= 15 is 0 Å². The highest BCUT2D eigenvalue weighted by atomic mass is 19.4. The summed E-state index contributed by atoms with van der Waals surface area (Å²) in [5.74, 6) is 0.690. The van der Waals surface area contributed by atoms with Gasteiger partial charge in [0.2, 0.25) is 0 Å². The predicted octanol–water partition coefficient (Wildman–Crippen LogP) is 5.51. The van der Waals surface area contributed by atoms with Crippen LogP contribution in [0, 0.1) is 5.92 Å². The number of pyridine rings is 1. The van der Waals surface area contributed by atoms with E-state index in [1.54, 1.807) is 18.2 Å². The van der Waals surface area contributed by atoms with Crippen molar-refractivity contribution in [3.05, 3.63) is 41.6 Å². The summed E-state index contributed by atoms with van der Waals surface area (Å²) in [6.45, 7) is 6.15. The van der Waals surface area contributed by atoms with Crippen LogP contribution in [-0.2, 0) is 6.18 Å². The van der Waals surface area contributed by atoms with E-state index in [0.717, 1.165) is 30.9 Å². The fraction of sp³-hybridized carbons (Fsp3) is 0.526. The number of rotatable bonds is 1. The van der Waals surface area contributed by atoms with Gasteiger partial charge in [-0.25, -0.2) is 0 Å². The molecule has 132 valence electrons. The zero-order valence-electron chi connectivity index (χ0n) is 14.4. The van der Waals surface area contributed by atoms with Crippen molar-refractivity contribution in [3.63, 3.8) is 0 Å². The summed E-state index contributed by atoms with van der Waals surface area (Å²) in [6.07, 6.45) is -0.214. The largest absolute Gasteiger partial charge is 0.418 e. The van der Waals surface area contributed by atoms with Crippen LogP contribution in [0.25, 0.3) is 10.9 Å². The number of hydrogen-bond acceptors (Lipinski definition) is 2. The summed E-state index contributed by atoms with van der Waals surface area (Å²) in [5.41, 5.74) is 6.42. The Bertz CT molecular complexity index is 672. The standard InChI is InChI=1S/C17H19F3N2.C2H6/c1-10-7-11(9-12(21)8-10)13-4-5-15(17(18,19)20)16-14(13)3-2-6-22-16;1-2/h2-6,10-12H,7-9,21H2,1H3;1-2H3. The van der Waals surface area contributed by atoms with Crippen LogP contribution >= 0.6 is 0 Å². The van der Waals surface area contributed by atoms with Gasteiger partial charge in [0.15, 0.2) is 0 Å². The van der Waals surface area contributed by atoms with Crippen molar-refractivity contribution in [1.29, 1.82) is 0 Å². The molecular weight excluding hydrogens is 313 g/mol. The molecule has 0 saturated heterocycles. The van der Waals surface area contributed by atoms with Crippen molar-refractivity contribution >= 4 is 10.9 Å². The Morgan fingerprint density at radius 2 is 1.79 bits per heavy atom. The third kappa shape index (κ3) is 3.89. The Labute approximate surface area is 141 Å². The highest BCUT2D eigenvalue weighted by Gasteiger charge is 2.35. The minimum Gasteiger partial charge on any atom is -0.328 e. The first-order valence-electron chi connectivity index (χ1n) is 8.56. The smallest absolute Gasteiger partial charge is 0.328 e. The van der Waals surface area contributed by atoms with Gasteiger partial charge < -0.3 is 5.73 Å². The molecule has 0 bridgehead atoms. The van der Waals surface area contributed by atoms with E-state index in [1.807, 2.05) is 13.8 Å². The third-order valence-corrected chi connectivity index (χ3v) is 4.53. The SMILES string of the molecule is CC.CC1CC(N)CC(c2ccc(C(F)(F)F)c3ncccc23)C1. The first-order chi connectivity index (χ1) is 11.4. The Hall–Kier alpha value is -1.62. The molecule has 3 atom stereocenters. The molecule has 0 aliphatic heterocycles. The summed E-state index contributed by atoms with van der Waals surface area (Å²) in [5, 5.41) is 0.601. The minimum atomic E-state index is -4.39. The molecule has 1 heterocycles. The number of nitrogens with two attached hydrogens (primary N) is 1. The van der Waals surface area contributed by atoms with Crippen LogP contribution < -0.4 is 5.73 Å². The highest BCUT2D eigenvalue weighted by Crippen LogP contribution is 2.41. The minimum absolute atomic E-state index is 0.0410. The van der Waals surface area contributed by atoms with Crippen molar-refractivity contribution in [2.24, 2.45) is 11.7 Å². The second-order valence-corrected chi connectivity index (χ2v) is 6.37. The van der Waals surface area contributed by atoms with E-state index in [2.05, 4.69) is 11.9 Å². The van der Waals surface area contributed by atoms with Gasteiger partial charge in [0.05, 0.1) is 11.1 Å². The topological polar surface area (TPSA) is 38.9 Å². The van der Waals surface area contributed by atoms with Crippen LogP contribution in [0.5, 0.6) is 0 Å². The van der Waals surface area contributed by atoms with Gasteiger partial charge in [0, 0.05) is 17.6 Å². The van der Waals surface area contributed by atoms with Gasteiger partial charge in [-0.2, -0.15) is 13.2 Å². The molecule has 24 heavy (non-hydrogen) atoms. The molecule has 1 fully saturated rings. The van der Waals surface area contributed by atoms with Crippen LogP contribution in [0.3, 0.4) is 0 Å². The molecule has 1 aromatic heterocycles. The first-order valence-corrected chi connectivity index (χ1v) is 8.56. The van der Waals surface area contributed by atoms with Gasteiger partial charge in [-0.05, 0) is 48.8 Å². The molecule has 2 nitrogen and oxygen atoms in total. The maximum Gasteiger partial charge on any atom is 0.418 e. The Morgan fingerprint density at radius 1 is 1.08 bits per heavy atom. The molecule has 2 aromatic rings. The molecule has 3 rings (SSSR count). The van der Waals surface area contributed by atoms with Crippen LogP contribution in [0.2, 0.25) is 0 Å². The zero-order chi connectivity index (χ0) is 17.9. The highest BCUT2D eigenvalue weighted by molar-refractivity contribution is 5.86. The van der Waals surface area contributed by atoms with Crippen LogP contribution in [0.4, 0.5) is 13.2 Å². The summed E-state index contributed by atoms with van der Waals surface area (Å²) in [7, 11) is 0. The number of halogens is 3. The number of nitrogens with zero attached hydrogens (tertiary/aromatic N) is 1. The maximum atomic E-state index is 13.2. The summed E-state index contributed by atoms with van der Waals surface area (Å²) >= 11 is 0. The molecule has 1 aliphatic carbocycles. The molecule has 5 heteroatoms. The quantitative estimate of drug-likeness (QED) is 0.744. The lowest BCUT2D eigenvalue weighted by molar-refractivity contribution is -0.136. The van der Waals surface area contributed by atoms with E-state index in [4.69, 9.17) is 5.73 Å². The molecular formula is C19H25F3N2. The van der Waals surface area contributed by atoms with E-state index in [0.29, 0.717) is 11.3 Å². The Kier molecular flexibility index (Phi) is 5.86. The van der Waals surface area contributed by atoms with E-state index in [1.165, 1.54) is 6.20 Å². The number of alkyl halides is 3. The van der Waals surface area contributed by atoms with Crippen molar-refractivity contribution in [2.45, 2.75) is 58.2 Å². The van der Waals surface area contributed by atoms with Crippen LogP contribution in [-0.4, -0.2) is 11.0 Å². The number of hydrogen-bond donors (Lipinski definition) is 1. The predicted molar refractivity (Wildman–Crippen MR) is 91.8 cm³/mol. The lowest BCUT2D eigenvalue weighted by atomic mass is 9.75. The molecule has 3 unspecified atom stereocenters. The molecule has 0 spiro atoms. The molecule has 1 saturated carbocycles. The lowest BCUT2D eigenvalue weighted by Gasteiger charge is -2.32. The Balaban J connectivity index is 0.00000100. The maximum absolute atomic E-state index is 13.2. The number of benzene rings is 1. The van der Waals surface area contributed by atoms with E-state index in [9.17, 15) is 13.2 Å². The average molecular weight is 338 g/mol. The lowest BCUT2D eigenvalue weighted by Crippen LogP contribution is -2.31. The summed E-state index contributed by atoms with van der Waals surface area (Å²) in [6, 6.07) is 6.32. The average Bonchev–Trinajstić information content (AvgIpc) is 2.54. The van der Waals surface area contributed by atoms with Gasteiger partial charge >= 0.3 is 6.18 Å². The molecule has 2 N–H and O–H groups in total. The second kappa shape index (κ2) is 7.51. The molecule has 0 amide bonds. The number of fused-ring (bicyclic) bond motifs is 1. The molecule has 1 aliphatic rings. The van der Waals surface area contributed by atoms with Gasteiger partial charge in [-0.1, -0.05) is 32.9 Å². The van der Waals surface area contributed by atoms with Gasteiger partial charge in [0.1, 0.15) is 0 Å². The second-order valence-electron chi connectivity index (χ2n) is 6.37. The molecule has 1 aromatic carbocycles. The monoisotopic (exact) mass is 338 g/mol. The summed E-state index contributed by atoms with van der Waals surface area (Å²) in [4.78, 5) is 3.99. The first kappa shape index (κ1) is 18.7. The van der Waals surface area contributed by atoms with Crippen molar-refractivity contribution in [3.8, 4) is 0 Å². The summed E-state index contributed by atoms with van der Waals surface area (Å²) < 4.78 is 39.5. The van der Waals surface area contributed by atoms with Crippen LogP contribution in [0.1, 0.15) is 57.1 Å². The third-order valence-electron chi connectivity index (χ3n) is 4.53. The van der Waals surface area contributed by atoms with Crippen molar-refractivity contribution in [1.82, 2.24) is 4.98 Å².